The molecule has 0 radical (unpaired) electrons. The summed E-state index contributed by atoms with van der Waals surface area (Å²) in [5.41, 5.74) is 1.87. The number of methoxy groups -OCH3 is 1. The third-order valence-electron chi connectivity index (χ3n) is 2.73. The van der Waals surface area contributed by atoms with Crippen molar-refractivity contribution < 1.29 is 9.53 Å². The van der Waals surface area contributed by atoms with Gasteiger partial charge in [-0.25, -0.2) is 9.50 Å². The molecule has 0 fully saturated rings. The smallest absolute Gasteiger partial charge is 0.307 e. The summed E-state index contributed by atoms with van der Waals surface area (Å²) in [4.78, 5) is 17.4. The van der Waals surface area contributed by atoms with Gasteiger partial charge in [0.05, 0.1) is 19.2 Å². The highest BCUT2D eigenvalue weighted by Gasteiger charge is 2.11. The number of carbonyl (C=O) groups excluding carboxylic acids is 1. The first-order chi connectivity index (χ1) is 8.61. The van der Waals surface area contributed by atoms with Crippen LogP contribution in [0.4, 0.5) is 5.82 Å². The van der Waals surface area contributed by atoms with Crippen molar-refractivity contribution >= 4 is 17.3 Å². The molecule has 2 aromatic heterocycles. The highest BCUT2D eigenvalue weighted by Crippen LogP contribution is 2.18. The van der Waals surface area contributed by atoms with Crippen LogP contribution in [0.3, 0.4) is 0 Å². The molecule has 0 spiro atoms. The van der Waals surface area contributed by atoms with E-state index in [4.69, 9.17) is 0 Å². The quantitative estimate of drug-likeness (QED) is 0.756. The molecule has 0 unspecified atom stereocenters. The maximum Gasteiger partial charge on any atom is 0.307 e. The highest BCUT2D eigenvalue weighted by atomic mass is 16.5. The van der Waals surface area contributed by atoms with Gasteiger partial charge in [0.15, 0.2) is 5.82 Å². The van der Waals surface area contributed by atoms with Crippen molar-refractivity contribution in [3.63, 3.8) is 0 Å². The van der Waals surface area contributed by atoms with Gasteiger partial charge in [0.1, 0.15) is 5.52 Å². The molecule has 18 heavy (non-hydrogen) atoms. The number of aromatic nitrogens is 3. The molecule has 0 aliphatic carbocycles. The van der Waals surface area contributed by atoms with Crippen LogP contribution in [-0.4, -0.2) is 41.3 Å². The summed E-state index contributed by atoms with van der Waals surface area (Å²) in [7, 11) is 3.29. The minimum atomic E-state index is -0.224. The summed E-state index contributed by atoms with van der Waals surface area (Å²) in [6.45, 7) is 2.49. The van der Waals surface area contributed by atoms with Crippen molar-refractivity contribution in [2.24, 2.45) is 0 Å². The predicted octanol–water partition coefficient (Wildman–Crippen LogP) is 1.04. The van der Waals surface area contributed by atoms with Crippen LogP contribution < -0.4 is 4.90 Å². The number of fused-ring (bicyclic) bond motifs is 1. The van der Waals surface area contributed by atoms with Crippen LogP contribution in [0.1, 0.15) is 12.1 Å². The Hall–Kier alpha value is -2.11. The molecule has 0 bridgehead atoms. The summed E-state index contributed by atoms with van der Waals surface area (Å²) < 4.78 is 6.41. The monoisotopic (exact) mass is 248 g/mol. The number of aryl methyl sites for hydroxylation is 1. The fraction of sp³-hybridized carbons (Fsp3) is 0.417. The molecule has 2 aromatic rings. The van der Waals surface area contributed by atoms with Crippen LogP contribution in [0.5, 0.6) is 0 Å². The van der Waals surface area contributed by atoms with Crippen molar-refractivity contribution in [2.75, 3.05) is 25.6 Å². The van der Waals surface area contributed by atoms with Gasteiger partial charge >= 0.3 is 5.97 Å². The molecule has 0 aromatic carbocycles. The number of carbonyl (C=O) groups is 1. The van der Waals surface area contributed by atoms with Gasteiger partial charge < -0.3 is 9.64 Å². The molecule has 0 saturated carbocycles. The van der Waals surface area contributed by atoms with Gasteiger partial charge in [-0.2, -0.15) is 5.10 Å². The molecule has 6 heteroatoms. The summed E-state index contributed by atoms with van der Waals surface area (Å²) in [5.74, 6) is 0.584. The van der Waals surface area contributed by atoms with Gasteiger partial charge in [0.25, 0.3) is 0 Å². The molecular formula is C12H16N4O2. The first-order valence-corrected chi connectivity index (χ1v) is 5.70. The number of hydrogen-bond donors (Lipinski definition) is 0. The lowest BCUT2D eigenvalue weighted by molar-refractivity contribution is -0.140. The molecule has 2 heterocycles. The van der Waals surface area contributed by atoms with Gasteiger partial charge in [-0.15, -0.1) is 0 Å². The summed E-state index contributed by atoms with van der Waals surface area (Å²) >= 11 is 0. The largest absolute Gasteiger partial charge is 0.469 e. The summed E-state index contributed by atoms with van der Waals surface area (Å²) in [6.07, 6.45) is 3.84. The Kier molecular flexibility index (Phi) is 3.45. The zero-order valence-corrected chi connectivity index (χ0v) is 10.8. The van der Waals surface area contributed by atoms with E-state index in [2.05, 4.69) is 14.8 Å². The standard InChI is InChI=1S/C12H16N4O2/c1-9-8-10-12(13-5-7-16(10)14-9)15(2)6-4-11(17)18-3/h5,7-8H,4,6H2,1-3H3. The van der Waals surface area contributed by atoms with Crippen molar-refractivity contribution in [3.05, 3.63) is 24.2 Å². The first-order valence-electron chi connectivity index (χ1n) is 5.70. The van der Waals surface area contributed by atoms with Crippen LogP contribution in [0, 0.1) is 6.92 Å². The molecule has 0 amide bonds. The van der Waals surface area contributed by atoms with E-state index in [9.17, 15) is 4.79 Å². The molecule has 0 aliphatic heterocycles. The normalized spacial score (nSPS) is 10.6. The van der Waals surface area contributed by atoms with E-state index in [0.29, 0.717) is 13.0 Å². The topological polar surface area (TPSA) is 59.7 Å². The molecule has 0 saturated heterocycles. The highest BCUT2D eigenvalue weighted by molar-refractivity contribution is 5.72. The van der Waals surface area contributed by atoms with Crippen molar-refractivity contribution in [1.29, 1.82) is 0 Å². The van der Waals surface area contributed by atoms with Gasteiger partial charge in [-0.3, -0.25) is 4.79 Å². The van der Waals surface area contributed by atoms with E-state index in [1.54, 1.807) is 16.9 Å². The molecule has 2 rings (SSSR count). The Balaban J connectivity index is 2.21. The SMILES string of the molecule is COC(=O)CCN(C)c1nccn2nc(C)cc12. The number of anilines is 1. The van der Waals surface area contributed by atoms with E-state index in [1.807, 2.05) is 24.9 Å². The predicted molar refractivity (Wildman–Crippen MR) is 67.6 cm³/mol. The van der Waals surface area contributed by atoms with Crippen molar-refractivity contribution in [3.8, 4) is 0 Å². The lowest BCUT2D eigenvalue weighted by Gasteiger charge is -2.17. The Morgan fingerprint density at radius 2 is 2.33 bits per heavy atom. The van der Waals surface area contributed by atoms with Crippen LogP contribution in [-0.2, 0) is 9.53 Å². The maximum absolute atomic E-state index is 11.1. The lowest BCUT2D eigenvalue weighted by Crippen LogP contribution is -2.23. The first kappa shape index (κ1) is 12.3. The van der Waals surface area contributed by atoms with Gasteiger partial charge in [-0.05, 0) is 13.0 Å². The van der Waals surface area contributed by atoms with Crippen molar-refractivity contribution in [2.45, 2.75) is 13.3 Å². The van der Waals surface area contributed by atoms with Gasteiger partial charge in [-0.1, -0.05) is 0 Å². The second kappa shape index (κ2) is 5.03. The number of nitrogens with zero attached hydrogens (tertiary/aromatic N) is 4. The number of hydrogen-bond acceptors (Lipinski definition) is 5. The zero-order chi connectivity index (χ0) is 13.1. The molecule has 96 valence electrons. The van der Waals surface area contributed by atoms with Gasteiger partial charge in [0.2, 0.25) is 0 Å². The second-order valence-corrected chi connectivity index (χ2v) is 4.11. The van der Waals surface area contributed by atoms with E-state index in [0.717, 1.165) is 17.0 Å². The van der Waals surface area contributed by atoms with Crippen LogP contribution in [0.2, 0.25) is 0 Å². The van der Waals surface area contributed by atoms with E-state index in [1.165, 1.54) is 7.11 Å². The van der Waals surface area contributed by atoms with Crippen LogP contribution >= 0.6 is 0 Å². The molecule has 0 N–H and O–H groups in total. The Morgan fingerprint density at radius 3 is 3.06 bits per heavy atom. The zero-order valence-electron chi connectivity index (χ0n) is 10.8. The molecular weight excluding hydrogens is 232 g/mol. The lowest BCUT2D eigenvalue weighted by atomic mass is 10.3. The van der Waals surface area contributed by atoms with Gasteiger partial charge in [0, 0.05) is 26.0 Å². The van der Waals surface area contributed by atoms with E-state index in [-0.39, 0.29) is 5.97 Å². The fourth-order valence-electron chi connectivity index (χ4n) is 1.79. The number of esters is 1. The molecule has 0 aliphatic rings. The van der Waals surface area contributed by atoms with E-state index >= 15 is 0 Å². The Labute approximate surface area is 105 Å². The van der Waals surface area contributed by atoms with E-state index < -0.39 is 0 Å². The van der Waals surface area contributed by atoms with Crippen molar-refractivity contribution in [1.82, 2.24) is 14.6 Å². The molecule has 0 atom stereocenters. The Bertz CT molecular complexity index is 564. The minimum absolute atomic E-state index is 0.224. The number of rotatable bonds is 4. The average Bonchev–Trinajstić information content (AvgIpc) is 2.75. The maximum atomic E-state index is 11.1. The third kappa shape index (κ3) is 2.42. The third-order valence-corrected chi connectivity index (χ3v) is 2.73. The second-order valence-electron chi connectivity index (χ2n) is 4.11. The average molecular weight is 248 g/mol. The fourth-order valence-corrected chi connectivity index (χ4v) is 1.79. The molecule has 6 nitrogen and oxygen atoms in total. The number of ether oxygens (including phenoxy) is 1. The summed E-state index contributed by atoms with van der Waals surface area (Å²) in [6, 6.07) is 1.97. The summed E-state index contributed by atoms with van der Waals surface area (Å²) in [5, 5.41) is 4.33. The minimum Gasteiger partial charge on any atom is -0.469 e. The van der Waals surface area contributed by atoms with Crippen LogP contribution in [0.15, 0.2) is 18.5 Å². The Morgan fingerprint density at radius 1 is 1.56 bits per heavy atom. The van der Waals surface area contributed by atoms with Crippen LogP contribution in [0.25, 0.3) is 5.52 Å².